The van der Waals surface area contributed by atoms with E-state index in [1.807, 2.05) is 42.5 Å². The number of hydrogen-bond acceptors (Lipinski definition) is 5. The van der Waals surface area contributed by atoms with Gasteiger partial charge in [0, 0.05) is 50.3 Å². The van der Waals surface area contributed by atoms with E-state index in [0.29, 0.717) is 6.54 Å². The second kappa shape index (κ2) is 10.7. The van der Waals surface area contributed by atoms with E-state index in [2.05, 4.69) is 56.8 Å². The average Bonchev–Trinajstić information content (AvgIpc) is 3.32. The van der Waals surface area contributed by atoms with Gasteiger partial charge < -0.3 is 15.5 Å². The molecule has 3 aromatic carbocycles. The molecule has 0 atom stereocenters. The van der Waals surface area contributed by atoms with E-state index < -0.39 is 0 Å². The molecule has 7 heteroatoms. The Hall–Kier alpha value is -3.42. The highest BCUT2D eigenvalue weighted by molar-refractivity contribution is 7.13. The summed E-state index contributed by atoms with van der Waals surface area (Å²) in [6, 6.07) is 26.3. The number of amides is 2. The van der Waals surface area contributed by atoms with Crippen molar-refractivity contribution in [2.75, 3.05) is 42.9 Å². The van der Waals surface area contributed by atoms with E-state index in [4.69, 9.17) is 4.37 Å². The fraction of sp³-hybridized carbons (Fsp3) is 0.259. The average molecular weight is 472 g/mol. The van der Waals surface area contributed by atoms with Crippen molar-refractivity contribution in [3.8, 4) is 0 Å². The molecule has 1 aliphatic heterocycles. The van der Waals surface area contributed by atoms with Gasteiger partial charge in [-0.05, 0) is 53.3 Å². The largest absolute Gasteiger partial charge is 0.353 e. The van der Waals surface area contributed by atoms with Gasteiger partial charge in [0.25, 0.3) is 0 Å². The highest BCUT2D eigenvalue weighted by Gasteiger charge is 2.20. The van der Waals surface area contributed by atoms with Crippen LogP contribution in [0.3, 0.4) is 0 Å². The molecule has 0 saturated carbocycles. The first-order chi connectivity index (χ1) is 16.7. The molecule has 174 valence electrons. The highest BCUT2D eigenvalue weighted by atomic mass is 32.1. The standard InChI is InChI=1S/C27H29N5OS/c33-27(28-20-22-7-2-1-3-8-22)29-23-10-6-9-21(19-23)13-14-31-15-17-32(18-16-31)26-24-11-4-5-12-25(24)34-30-26/h1-12,19H,13-18,20H2,(H2,28,29,33). The summed E-state index contributed by atoms with van der Waals surface area (Å²) < 4.78 is 5.96. The van der Waals surface area contributed by atoms with E-state index in [0.717, 1.165) is 56.2 Å². The van der Waals surface area contributed by atoms with Gasteiger partial charge in [-0.1, -0.05) is 54.6 Å². The Morgan fingerprint density at radius 2 is 1.65 bits per heavy atom. The SMILES string of the molecule is O=C(NCc1ccccc1)Nc1cccc(CCN2CCN(c3nsc4ccccc34)CC2)c1. The number of piperazine rings is 1. The van der Waals surface area contributed by atoms with Gasteiger partial charge in [0.05, 0.1) is 4.70 Å². The molecule has 5 rings (SSSR count). The maximum Gasteiger partial charge on any atom is 0.319 e. The predicted octanol–water partition coefficient (Wildman–Crippen LogP) is 4.98. The number of carbonyl (C=O) groups is 1. The molecule has 0 radical (unpaired) electrons. The van der Waals surface area contributed by atoms with Gasteiger partial charge in [0.2, 0.25) is 0 Å². The number of benzene rings is 3. The van der Waals surface area contributed by atoms with E-state index >= 15 is 0 Å². The maximum atomic E-state index is 12.3. The van der Waals surface area contributed by atoms with Gasteiger partial charge in [-0.15, -0.1) is 0 Å². The Bertz CT molecular complexity index is 1230. The molecule has 4 aromatic rings. The Morgan fingerprint density at radius 1 is 0.882 bits per heavy atom. The molecule has 0 spiro atoms. The minimum Gasteiger partial charge on any atom is -0.353 e. The number of anilines is 2. The van der Waals surface area contributed by atoms with Crippen molar-refractivity contribution in [1.29, 1.82) is 0 Å². The zero-order valence-corrected chi connectivity index (χ0v) is 19.9. The number of carbonyl (C=O) groups excluding carboxylic acids is 1. The van der Waals surface area contributed by atoms with Crippen LogP contribution in [-0.4, -0.2) is 48.0 Å². The minimum absolute atomic E-state index is 0.188. The van der Waals surface area contributed by atoms with Crippen LogP contribution in [0.15, 0.2) is 78.9 Å². The second-order valence-corrected chi connectivity index (χ2v) is 9.38. The van der Waals surface area contributed by atoms with E-state index in [1.165, 1.54) is 15.6 Å². The number of hydrogen-bond donors (Lipinski definition) is 2. The van der Waals surface area contributed by atoms with E-state index in [-0.39, 0.29) is 6.03 Å². The number of urea groups is 1. The molecule has 1 fully saturated rings. The number of rotatable bonds is 7. The molecule has 0 bridgehead atoms. The topological polar surface area (TPSA) is 60.5 Å². The molecule has 2 heterocycles. The van der Waals surface area contributed by atoms with Gasteiger partial charge in [-0.3, -0.25) is 4.90 Å². The molecule has 1 aromatic heterocycles. The first kappa shape index (κ1) is 22.4. The normalized spacial score (nSPS) is 14.3. The van der Waals surface area contributed by atoms with Gasteiger partial charge >= 0.3 is 6.03 Å². The third-order valence-corrected chi connectivity index (χ3v) is 7.04. The molecule has 1 aliphatic rings. The van der Waals surface area contributed by atoms with Crippen LogP contribution in [0.4, 0.5) is 16.3 Å². The molecule has 1 saturated heterocycles. The van der Waals surface area contributed by atoms with Crippen LogP contribution in [0.2, 0.25) is 0 Å². The summed E-state index contributed by atoms with van der Waals surface area (Å²) >= 11 is 1.58. The molecule has 6 nitrogen and oxygen atoms in total. The minimum atomic E-state index is -0.188. The van der Waals surface area contributed by atoms with Crippen molar-refractivity contribution in [1.82, 2.24) is 14.6 Å². The summed E-state index contributed by atoms with van der Waals surface area (Å²) in [7, 11) is 0. The summed E-state index contributed by atoms with van der Waals surface area (Å²) in [5, 5.41) is 7.12. The Kier molecular flexibility index (Phi) is 7.02. The number of aromatic nitrogens is 1. The summed E-state index contributed by atoms with van der Waals surface area (Å²) in [6.45, 7) is 5.58. The second-order valence-electron chi connectivity index (χ2n) is 8.57. The zero-order chi connectivity index (χ0) is 23.2. The Morgan fingerprint density at radius 3 is 2.50 bits per heavy atom. The number of nitrogens with one attached hydrogen (secondary N) is 2. The number of nitrogens with zero attached hydrogens (tertiary/aromatic N) is 3. The van der Waals surface area contributed by atoms with Crippen molar-refractivity contribution >= 4 is 39.2 Å². The van der Waals surface area contributed by atoms with E-state index in [1.54, 1.807) is 11.5 Å². The lowest BCUT2D eigenvalue weighted by Gasteiger charge is -2.35. The lowest BCUT2D eigenvalue weighted by Crippen LogP contribution is -2.47. The van der Waals surface area contributed by atoms with Crippen molar-refractivity contribution in [3.05, 3.63) is 90.0 Å². The van der Waals surface area contributed by atoms with E-state index in [9.17, 15) is 4.79 Å². The third-order valence-electron chi connectivity index (χ3n) is 6.23. The fourth-order valence-corrected chi connectivity index (χ4v) is 5.12. The Balaban J connectivity index is 1.09. The van der Waals surface area contributed by atoms with Crippen molar-refractivity contribution < 1.29 is 4.79 Å². The third kappa shape index (κ3) is 5.55. The molecular weight excluding hydrogens is 442 g/mol. The van der Waals surface area contributed by atoms with Crippen LogP contribution in [0, 0.1) is 0 Å². The van der Waals surface area contributed by atoms with Crippen LogP contribution >= 0.6 is 11.5 Å². The summed E-state index contributed by atoms with van der Waals surface area (Å²) in [6.07, 6.45) is 0.959. The predicted molar refractivity (Wildman–Crippen MR) is 141 cm³/mol. The van der Waals surface area contributed by atoms with Crippen molar-refractivity contribution in [2.24, 2.45) is 0 Å². The first-order valence-corrected chi connectivity index (χ1v) is 12.5. The summed E-state index contributed by atoms with van der Waals surface area (Å²) in [5.74, 6) is 1.13. The summed E-state index contributed by atoms with van der Waals surface area (Å²) in [4.78, 5) is 17.2. The van der Waals surface area contributed by atoms with Crippen molar-refractivity contribution in [3.63, 3.8) is 0 Å². The van der Waals surface area contributed by atoms with Crippen LogP contribution in [0.1, 0.15) is 11.1 Å². The molecule has 0 unspecified atom stereocenters. The highest BCUT2D eigenvalue weighted by Crippen LogP contribution is 2.29. The van der Waals surface area contributed by atoms with Gasteiger partial charge in [-0.25, -0.2) is 4.79 Å². The quantitative estimate of drug-likeness (QED) is 0.399. The Labute approximate surface area is 204 Å². The maximum absolute atomic E-state index is 12.3. The molecule has 2 N–H and O–H groups in total. The molecular formula is C27H29N5OS. The molecule has 0 aliphatic carbocycles. The van der Waals surface area contributed by atoms with Crippen LogP contribution in [-0.2, 0) is 13.0 Å². The summed E-state index contributed by atoms with van der Waals surface area (Å²) in [5.41, 5.74) is 3.13. The lowest BCUT2D eigenvalue weighted by molar-refractivity contribution is 0.251. The first-order valence-electron chi connectivity index (χ1n) is 11.7. The van der Waals surface area contributed by atoms with Crippen LogP contribution in [0.5, 0.6) is 0 Å². The lowest BCUT2D eigenvalue weighted by atomic mass is 10.1. The van der Waals surface area contributed by atoms with Gasteiger partial charge in [0.15, 0.2) is 0 Å². The monoisotopic (exact) mass is 471 g/mol. The zero-order valence-electron chi connectivity index (χ0n) is 19.1. The van der Waals surface area contributed by atoms with Crippen LogP contribution in [0.25, 0.3) is 10.1 Å². The molecule has 2 amide bonds. The smallest absolute Gasteiger partial charge is 0.319 e. The number of fused-ring (bicyclic) bond motifs is 1. The fourth-order valence-electron chi connectivity index (χ4n) is 4.33. The van der Waals surface area contributed by atoms with Crippen molar-refractivity contribution in [2.45, 2.75) is 13.0 Å². The van der Waals surface area contributed by atoms with Gasteiger partial charge in [0.1, 0.15) is 5.82 Å². The van der Waals surface area contributed by atoms with Crippen LogP contribution < -0.4 is 15.5 Å². The molecule has 34 heavy (non-hydrogen) atoms. The van der Waals surface area contributed by atoms with Gasteiger partial charge in [-0.2, -0.15) is 4.37 Å².